The molecule has 0 fully saturated rings. The zero-order valence-electron chi connectivity index (χ0n) is 9.38. The molecule has 1 rings (SSSR count). The van der Waals surface area contributed by atoms with Gasteiger partial charge in [0.05, 0.1) is 6.61 Å². The van der Waals surface area contributed by atoms with Gasteiger partial charge in [-0.05, 0) is 6.07 Å². The first kappa shape index (κ1) is 14.1. The van der Waals surface area contributed by atoms with Crippen LogP contribution in [-0.4, -0.2) is 36.2 Å². The zero-order chi connectivity index (χ0) is 13.1. The number of sulfone groups is 1. The highest BCUT2D eigenvalue weighted by Gasteiger charge is 2.32. The van der Waals surface area contributed by atoms with Crippen LogP contribution in [0.4, 0.5) is 4.39 Å². The lowest BCUT2D eigenvalue weighted by atomic mass is 10.1. The molecule has 0 unspecified atom stereocenters. The molecule has 0 heterocycles. The molecule has 1 aromatic rings. The van der Waals surface area contributed by atoms with Crippen LogP contribution in [0.2, 0.25) is 0 Å². The molecular weight excluding hydrogens is 247 g/mol. The van der Waals surface area contributed by atoms with Gasteiger partial charge in [0, 0.05) is 11.3 Å². The number of hydrogen-bond donors (Lipinski definition) is 2. The van der Waals surface area contributed by atoms with Crippen LogP contribution in [0, 0.1) is 5.82 Å². The smallest absolute Gasteiger partial charge is 0.158 e. The molecule has 1 aromatic carbocycles. The average molecular weight is 262 g/mol. The third-order valence-corrected chi connectivity index (χ3v) is 4.75. The Morgan fingerprint density at radius 3 is 2.41 bits per heavy atom. The number of halogens is 1. The lowest BCUT2D eigenvalue weighted by Gasteiger charge is -2.21. The van der Waals surface area contributed by atoms with Crippen LogP contribution in [0.1, 0.15) is 18.6 Å². The molecule has 4 nitrogen and oxygen atoms in total. The number of rotatable bonds is 5. The summed E-state index contributed by atoms with van der Waals surface area (Å²) in [6.45, 7) is 0.664. The first-order valence-electron chi connectivity index (χ1n) is 5.19. The summed E-state index contributed by atoms with van der Waals surface area (Å²) in [7, 11) is -3.64. The van der Waals surface area contributed by atoms with E-state index in [1.807, 2.05) is 0 Å². The first-order chi connectivity index (χ1) is 7.94. The Hall–Kier alpha value is -0.980. The number of aliphatic hydroxyl groups is 2. The summed E-state index contributed by atoms with van der Waals surface area (Å²) in [5, 5.41) is 17.5. The van der Waals surface area contributed by atoms with Gasteiger partial charge in [0.1, 0.15) is 17.2 Å². The summed E-state index contributed by atoms with van der Waals surface area (Å²) in [6, 6.07) is 5.36. The van der Waals surface area contributed by atoms with E-state index >= 15 is 0 Å². The molecule has 0 aliphatic heterocycles. The van der Waals surface area contributed by atoms with Crippen molar-refractivity contribution in [1.29, 1.82) is 0 Å². The summed E-state index contributed by atoms with van der Waals surface area (Å²) in [5.41, 5.74) is -0.122. The van der Waals surface area contributed by atoms with E-state index in [2.05, 4.69) is 0 Å². The fourth-order valence-electron chi connectivity index (χ4n) is 1.54. The lowest BCUT2D eigenvalue weighted by Crippen LogP contribution is -2.33. The molecule has 0 aromatic heterocycles. The van der Waals surface area contributed by atoms with Gasteiger partial charge in [-0.3, -0.25) is 0 Å². The van der Waals surface area contributed by atoms with Crippen LogP contribution >= 0.6 is 0 Å². The Kier molecular flexibility index (Phi) is 4.62. The molecule has 17 heavy (non-hydrogen) atoms. The highest BCUT2D eigenvalue weighted by atomic mass is 32.2. The van der Waals surface area contributed by atoms with Crippen molar-refractivity contribution in [3.8, 4) is 0 Å². The van der Waals surface area contributed by atoms with Gasteiger partial charge in [0.2, 0.25) is 0 Å². The molecule has 0 saturated carbocycles. The Balaban J connectivity index is 3.11. The van der Waals surface area contributed by atoms with E-state index < -0.39 is 33.6 Å². The van der Waals surface area contributed by atoms with Crippen molar-refractivity contribution in [1.82, 2.24) is 0 Å². The predicted molar refractivity (Wildman–Crippen MR) is 61.7 cm³/mol. The van der Waals surface area contributed by atoms with Gasteiger partial charge in [-0.15, -0.1) is 0 Å². The molecule has 2 N–H and O–H groups in total. The highest BCUT2D eigenvalue weighted by Crippen LogP contribution is 2.24. The summed E-state index contributed by atoms with van der Waals surface area (Å²) >= 11 is 0. The second kappa shape index (κ2) is 5.57. The Morgan fingerprint density at radius 2 is 1.94 bits per heavy atom. The summed E-state index contributed by atoms with van der Waals surface area (Å²) in [6.07, 6.45) is -1.56. The van der Waals surface area contributed by atoms with Gasteiger partial charge in [-0.1, -0.05) is 25.1 Å². The Morgan fingerprint density at radius 1 is 1.35 bits per heavy atom. The topological polar surface area (TPSA) is 74.6 Å². The standard InChI is InChI=1S/C11H15FO4S/c1-2-17(15,16)10(7-13)11(14)8-5-3-4-6-9(8)12/h3-6,10-11,13-14H,2,7H2,1H3/t10-,11-/m1/s1. The number of benzene rings is 1. The third kappa shape index (κ3) is 3.02. The fraction of sp³-hybridized carbons (Fsp3) is 0.455. The molecule has 96 valence electrons. The average Bonchev–Trinajstić information content (AvgIpc) is 2.30. The SMILES string of the molecule is CCS(=O)(=O)[C@H](CO)[C@H](O)c1ccccc1F. The monoisotopic (exact) mass is 262 g/mol. The van der Waals surface area contributed by atoms with Gasteiger partial charge in [-0.2, -0.15) is 0 Å². The van der Waals surface area contributed by atoms with Crippen molar-refractivity contribution in [2.75, 3.05) is 12.4 Å². The summed E-state index contributed by atoms with van der Waals surface area (Å²) in [5.74, 6) is -0.909. The molecule has 0 aliphatic carbocycles. The van der Waals surface area contributed by atoms with Gasteiger partial charge in [0.25, 0.3) is 0 Å². The molecular formula is C11H15FO4S. The quantitative estimate of drug-likeness (QED) is 0.817. The molecule has 0 bridgehead atoms. The van der Waals surface area contributed by atoms with Crippen molar-refractivity contribution in [3.05, 3.63) is 35.6 Å². The number of hydrogen-bond acceptors (Lipinski definition) is 4. The van der Waals surface area contributed by atoms with E-state index in [0.29, 0.717) is 0 Å². The predicted octanol–water partition coefficient (Wildman–Crippen LogP) is 0.655. The largest absolute Gasteiger partial charge is 0.395 e. The van der Waals surface area contributed by atoms with Crippen molar-refractivity contribution >= 4 is 9.84 Å². The van der Waals surface area contributed by atoms with E-state index in [1.54, 1.807) is 0 Å². The van der Waals surface area contributed by atoms with E-state index in [1.165, 1.54) is 25.1 Å². The van der Waals surface area contributed by atoms with E-state index in [4.69, 9.17) is 5.11 Å². The molecule has 0 saturated heterocycles. The summed E-state index contributed by atoms with van der Waals surface area (Å²) < 4.78 is 36.6. The van der Waals surface area contributed by atoms with Crippen LogP contribution in [-0.2, 0) is 9.84 Å². The summed E-state index contributed by atoms with van der Waals surface area (Å²) in [4.78, 5) is 0. The zero-order valence-corrected chi connectivity index (χ0v) is 10.2. The van der Waals surface area contributed by atoms with E-state index in [9.17, 15) is 17.9 Å². The molecule has 0 aliphatic rings. The number of aliphatic hydroxyl groups excluding tert-OH is 2. The first-order valence-corrected chi connectivity index (χ1v) is 6.90. The van der Waals surface area contributed by atoms with Gasteiger partial charge in [-0.25, -0.2) is 12.8 Å². The maximum absolute atomic E-state index is 13.4. The van der Waals surface area contributed by atoms with Crippen molar-refractivity contribution in [2.45, 2.75) is 18.3 Å². The Bertz CT molecular complexity index is 472. The second-order valence-corrected chi connectivity index (χ2v) is 6.15. The van der Waals surface area contributed by atoms with Crippen molar-refractivity contribution in [2.24, 2.45) is 0 Å². The van der Waals surface area contributed by atoms with Crippen LogP contribution in [0.3, 0.4) is 0 Å². The van der Waals surface area contributed by atoms with Gasteiger partial charge < -0.3 is 10.2 Å². The van der Waals surface area contributed by atoms with Crippen LogP contribution in [0.15, 0.2) is 24.3 Å². The van der Waals surface area contributed by atoms with Crippen LogP contribution in [0.25, 0.3) is 0 Å². The molecule has 0 spiro atoms. The van der Waals surface area contributed by atoms with E-state index in [-0.39, 0.29) is 11.3 Å². The highest BCUT2D eigenvalue weighted by molar-refractivity contribution is 7.92. The van der Waals surface area contributed by atoms with Gasteiger partial charge in [0.15, 0.2) is 9.84 Å². The molecule has 0 amide bonds. The fourth-order valence-corrected chi connectivity index (χ4v) is 2.73. The van der Waals surface area contributed by atoms with E-state index in [0.717, 1.165) is 6.07 Å². The minimum absolute atomic E-state index is 0.122. The molecule has 2 atom stereocenters. The third-order valence-electron chi connectivity index (χ3n) is 2.62. The van der Waals surface area contributed by atoms with Crippen molar-refractivity contribution < 1.29 is 23.0 Å². The lowest BCUT2D eigenvalue weighted by molar-refractivity contribution is 0.134. The van der Waals surface area contributed by atoms with Crippen LogP contribution in [0.5, 0.6) is 0 Å². The molecule has 0 radical (unpaired) electrons. The Labute approximate surface area is 99.6 Å². The minimum atomic E-state index is -3.64. The van der Waals surface area contributed by atoms with Crippen molar-refractivity contribution in [3.63, 3.8) is 0 Å². The maximum atomic E-state index is 13.4. The normalized spacial score (nSPS) is 15.5. The van der Waals surface area contributed by atoms with Gasteiger partial charge >= 0.3 is 0 Å². The van der Waals surface area contributed by atoms with Crippen LogP contribution < -0.4 is 0 Å². The second-order valence-electron chi connectivity index (χ2n) is 3.64. The minimum Gasteiger partial charge on any atom is -0.395 e. The molecule has 6 heteroatoms. The maximum Gasteiger partial charge on any atom is 0.158 e.